The number of benzene rings is 1. The van der Waals surface area contributed by atoms with Crippen LogP contribution in [0.1, 0.15) is 28.8 Å². The highest BCUT2D eigenvalue weighted by Gasteiger charge is 2.15. The Balaban J connectivity index is 1.46. The van der Waals surface area contributed by atoms with Crippen molar-refractivity contribution in [3.8, 4) is 0 Å². The van der Waals surface area contributed by atoms with E-state index in [0.717, 1.165) is 5.56 Å². The van der Waals surface area contributed by atoms with E-state index in [1.807, 2.05) is 31.2 Å². The van der Waals surface area contributed by atoms with E-state index in [1.54, 1.807) is 31.5 Å². The topological polar surface area (TPSA) is 117 Å². The minimum Gasteiger partial charge on any atom is -0.351 e. The lowest BCUT2D eigenvalue weighted by atomic mass is 10.1. The maximum absolute atomic E-state index is 12.9. The van der Waals surface area contributed by atoms with Crippen LogP contribution < -0.4 is 16.2 Å². The van der Waals surface area contributed by atoms with Gasteiger partial charge in [0.1, 0.15) is 0 Å². The number of rotatable bonds is 7. The molecule has 1 aromatic carbocycles. The van der Waals surface area contributed by atoms with Gasteiger partial charge >= 0.3 is 0 Å². The molecule has 1 amide bonds. The molecule has 158 valence electrons. The molecule has 0 spiro atoms. The largest absolute Gasteiger partial charge is 0.351 e. The normalized spacial score (nSPS) is 10.9. The van der Waals surface area contributed by atoms with E-state index in [2.05, 4.69) is 30.7 Å². The Hall–Kier alpha value is -4.01. The van der Waals surface area contributed by atoms with Crippen molar-refractivity contribution < 1.29 is 4.79 Å². The predicted octanol–water partition coefficient (Wildman–Crippen LogP) is 2.61. The van der Waals surface area contributed by atoms with Crippen LogP contribution in [0.2, 0.25) is 0 Å². The van der Waals surface area contributed by atoms with Gasteiger partial charge in [-0.25, -0.2) is 4.98 Å². The summed E-state index contributed by atoms with van der Waals surface area (Å²) >= 11 is 0. The van der Waals surface area contributed by atoms with Gasteiger partial charge in [0, 0.05) is 24.7 Å². The molecule has 3 aromatic heterocycles. The number of aromatic nitrogens is 5. The minimum atomic E-state index is -0.257. The fraction of sp³-hybridized carbons (Fsp3) is 0.227. The molecule has 0 aliphatic heterocycles. The first-order valence-electron chi connectivity index (χ1n) is 9.97. The zero-order chi connectivity index (χ0) is 21.8. The van der Waals surface area contributed by atoms with E-state index in [-0.39, 0.29) is 30.1 Å². The molecule has 0 unspecified atom stereocenters. The van der Waals surface area contributed by atoms with Crippen LogP contribution in [0, 0.1) is 13.8 Å². The summed E-state index contributed by atoms with van der Waals surface area (Å²) in [4.78, 5) is 37.9. The van der Waals surface area contributed by atoms with Crippen molar-refractivity contribution in [2.45, 2.75) is 33.2 Å². The molecule has 0 bridgehead atoms. The number of hydrogen-bond donors (Lipinski definition) is 3. The van der Waals surface area contributed by atoms with Gasteiger partial charge in [-0.15, -0.1) is 0 Å². The first-order valence-corrected chi connectivity index (χ1v) is 9.97. The lowest BCUT2D eigenvalue weighted by Crippen LogP contribution is -2.23. The number of aromatic amines is 1. The molecule has 4 rings (SSSR count). The van der Waals surface area contributed by atoms with E-state index in [9.17, 15) is 9.59 Å². The quantitative estimate of drug-likeness (QED) is 0.426. The summed E-state index contributed by atoms with van der Waals surface area (Å²) in [6, 6.07) is 11.7. The Kier molecular flexibility index (Phi) is 5.74. The summed E-state index contributed by atoms with van der Waals surface area (Å²) in [6.07, 6.45) is 3.64. The molecular weight excluding hydrogens is 394 g/mol. The van der Waals surface area contributed by atoms with Crippen molar-refractivity contribution in [1.82, 2.24) is 24.6 Å². The van der Waals surface area contributed by atoms with Crippen molar-refractivity contribution in [2.24, 2.45) is 0 Å². The smallest absolute Gasteiger partial charge is 0.277 e. The lowest BCUT2D eigenvalue weighted by molar-refractivity contribution is -0.116. The second-order valence-corrected chi connectivity index (χ2v) is 7.32. The van der Waals surface area contributed by atoms with E-state index in [4.69, 9.17) is 0 Å². The maximum atomic E-state index is 12.9. The number of hydrogen-bond acceptors (Lipinski definition) is 6. The third-order valence-corrected chi connectivity index (χ3v) is 4.92. The number of aryl methyl sites for hydroxylation is 2. The van der Waals surface area contributed by atoms with Gasteiger partial charge in [0.25, 0.3) is 11.3 Å². The summed E-state index contributed by atoms with van der Waals surface area (Å²) in [7, 11) is 0. The van der Waals surface area contributed by atoms with Crippen molar-refractivity contribution in [3.05, 3.63) is 81.5 Å². The van der Waals surface area contributed by atoms with Gasteiger partial charge in [0.15, 0.2) is 0 Å². The Morgan fingerprint density at radius 3 is 2.68 bits per heavy atom. The first kappa shape index (κ1) is 20.3. The summed E-state index contributed by atoms with van der Waals surface area (Å²) in [6.45, 7) is 4.36. The summed E-state index contributed by atoms with van der Waals surface area (Å²) in [5.74, 6) is 0.551. The van der Waals surface area contributed by atoms with Gasteiger partial charge in [-0.3, -0.25) is 19.7 Å². The van der Waals surface area contributed by atoms with Crippen LogP contribution in [-0.2, 0) is 17.8 Å². The molecule has 4 aromatic rings. The van der Waals surface area contributed by atoms with E-state index >= 15 is 0 Å². The number of nitrogens with one attached hydrogen (secondary N) is 3. The number of amides is 1. The molecule has 0 fully saturated rings. The molecule has 0 aliphatic carbocycles. The SMILES string of the molecule is Cc1ccc(CNc2nc3nc(C)c(CCC(=O)Nc4cccnc4)c(=O)n3[nH]2)cc1. The number of carbonyl (C=O) groups is 1. The number of H-pyrrole nitrogens is 1. The van der Waals surface area contributed by atoms with Crippen LogP contribution in [-0.4, -0.2) is 30.5 Å². The van der Waals surface area contributed by atoms with Crippen LogP contribution in [0.4, 0.5) is 11.6 Å². The van der Waals surface area contributed by atoms with E-state index < -0.39 is 0 Å². The number of fused-ring (bicyclic) bond motifs is 1. The van der Waals surface area contributed by atoms with Gasteiger partial charge < -0.3 is 10.6 Å². The molecule has 9 heteroatoms. The molecule has 31 heavy (non-hydrogen) atoms. The second kappa shape index (κ2) is 8.78. The highest BCUT2D eigenvalue weighted by atomic mass is 16.1. The molecule has 9 nitrogen and oxygen atoms in total. The van der Waals surface area contributed by atoms with Crippen LogP contribution in [0.25, 0.3) is 5.78 Å². The highest BCUT2D eigenvalue weighted by molar-refractivity contribution is 5.90. The van der Waals surface area contributed by atoms with Crippen molar-refractivity contribution in [2.75, 3.05) is 10.6 Å². The minimum absolute atomic E-state index is 0.158. The average Bonchev–Trinajstić information content (AvgIpc) is 3.17. The van der Waals surface area contributed by atoms with Crippen LogP contribution in [0.15, 0.2) is 53.6 Å². The Bertz CT molecular complexity index is 1260. The van der Waals surface area contributed by atoms with Gasteiger partial charge in [-0.1, -0.05) is 29.8 Å². The van der Waals surface area contributed by atoms with Crippen LogP contribution in [0.5, 0.6) is 0 Å². The van der Waals surface area contributed by atoms with Crippen LogP contribution >= 0.6 is 0 Å². The monoisotopic (exact) mass is 417 g/mol. The standard InChI is InChI=1S/C22H23N7O2/c1-14-5-7-16(8-6-14)12-24-21-27-22-25-15(2)18(20(31)29(22)28-21)9-10-19(30)26-17-4-3-11-23-13-17/h3-8,11,13H,9-10,12H2,1-2H3,(H,26,30)(H2,24,25,27,28). The van der Waals surface area contributed by atoms with E-state index in [1.165, 1.54) is 10.1 Å². The Labute approximate surface area is 178 Å². The van der Waals surface area contributed by atoms with Gasteiger partial charge in [-0.2, -0.15) is 9.50 Å². The second-order valence-electron chi connectivity index (χ2n) is 7.32. The fourth-order valence-electron chi connectivity index (χ4n) is 3.21. The zero-order valence-corrected chi connectivity index (χ0v) is 17.3. The Morgan fingerprint density at radius 1 is 1.13 bits per heavy atom. The van der Waals surface area contributed by atoms with Gasteiger partial charge in [0.2, 0.25) is 11.9 Å². The third kappa shape index (κ3) is 4.77. The summed E-state index contributed by atoms with van der Waals surface area (Å²) in [5, 5.41) is 8.90. The summed E-state index contributed by atoms with van der Waals surface area (Å²) in [5.41, 5.74) is 3.70. The molecule has 0 saturated carbocycles. The maximum Gasteiger partial charge on any atom is 0.277 e. The fourth-order valence-corrected chi connectivity index (χ4v) is 3.21. The highest BCUT2D eigenvalue weighted by Crippen LogP contribution is 2.10. The predicted molar refractivity (Wildman–Crippen MR) is 118 cm³/mol. The molecule has 0 atom stereocenters. The molecule has 0 aliphatic rings. The van der Waals surface area contributed by atoms with Gasteiger partial charge in [-0.05, 0) is 38.0 Å². The number of carbonyl (C=O) groups excluding carboxylic acids is 1. The molecule has 0 saturated heterocycles. The summed E-state index contributed by atoms with van der Waals surface area (Å²) < 4.78 is 1.30. The Morgan fingerprint density at radius 2 is 1.94 bits per heavy atom. The number of pyridine rings is 1. The number of nitrogens with zero attached hydrogens (tertiary/aromatic N) is 4. The average molecular weight is 417 g/mol. The zero-order valence-electron chi connectivity index (χ0n) is 17.3. The van der Waals surface area contributed by atoms with Crippen molar-refractivity contribution in [3.63, 3.8) is 0 Å². The third-order valence-electron chi connectivity index (χ3n) is 4.92. The van der Waals surface area contributed by atoms with Crippen molar-refractivity contribution >= 4 is 23.3 Å². The lowest BCUT2D eigenvalue weighted by Gasteiger charge is -2.06. The first-order chi connectivity index (χ1) is 15.0. The van der Waals surface area contributed by atoms with Crippen LogP contribution in [0.3, 0.4) is 0 Å². The van der Waals surface area contributed by atoms with E-state index in [0.29, 0.717) is 29.4 Å². The van der Waals surface area contributed by atoms with Gasteiger partial charge in [0.05, 0.1) is 17.6 Å². The molecule has 3 N–H and O–H groups in total. The van der Waals surface area contributed by atoms with Crippen molar-refractivity contribution in [1.29, 1.82) is 0 Å². The molecule has 0 radical (unpaired) electrons. The molecular formula is C22H23N7O2. The molecule has 3 heterocycles. The number of anilines is 2.